The van der Waals surface area contributed by atoms with E-state index >= 15 is 0 Å². The van der Waals surface area contributed by atoms with E-state index in [9.17, 15) is 5.11 Å². The average molecular weight is 209 g/mol. The molecule has 0 bridgehead atoms. The molecule has 1 heterocycles. The zero-order valence-electron chi connectivity index (χ0n) is 6.64. The predicted molar refractivity (Wildman–Crippen MR) is 56.5 cm³/mol. The fraction of sp³-hybridized carbons (Fsp3) is 0. The van der Waals surface area contributed by atoms with Crippen molar-refractivity contribution in [2.75, 3.05) is 0 Å². The first-order valence-corrected chi connectivity index (χ1v) is 5.02. The van der Waals surface area contributed by atoms with E-state index in [-0.39, 0.29) is 5.75 Å². The first kappa shape index (κ1) is 8.59. The minimum absolute atomic E-state index is 0.191. The summed E-state index contributed by atoms with van der Waals surface area (Å²) in [7, 11) is 0. The lowest BCUT2D eigenvalue weighted by atomic mass is 10.2. The number of thiazole rings is 1. The van der Waals surface area contributed by atoms with E-state index in [0.29, 0.717) is 4.90 Å². The highest BCUT2D eigenvalue weighted by Gasteiger charge is 2.07. The van der Waals surface area contributed by atoms with Crippen molar-refractivity contribution in [3.8, 4) is 16.3 Å². The molecule has 66 valence electrons. The molecule has 0 radical (unpaired) electrons. The van der Waals surface area contributed by atoms with Gasteiger partial charge < -0.3 is 5.11 Å². The quantitative estimate of drug-likeness (QED) is 0.708. The third-order valence-corrected chi connectivity index (χ3v) is 2.95. The summed E-state index contributed by atoms with van der Waals surface area (Å²) in [5.74, 6) is 0.191. The zero-order valence-corrected chi connectivity index (χ0v) is 8.35. The molecule has 4 heteroatoms. The van der Waals surface area contributed by atoms with Gasteiger partial charge in [0.2, 0.25) is 0 Å². The van der Waals surface area contributed by atoms with Crippen LogP contribution in [0.2, 0.25) is 0 Å². The highest BCUT2D eigenvalue weighted by Crippen LogP contribution is 2.33. The molecule has 0 amide bonds. The molecule has 0 aliphatic rings. The van der Waals surface area contributed by atoms with Crippen LogP contribution >= 0.6 is 24.0 Å². The van der Waals surface area contributed by atoms with Gasteiger partial charge in [0.1, 0.15) is 10.8 Å². The van der Waals surface area contributed by atoms with Crippen molar-refractivity contribution in [1.82, 2.24) is 4.98 Å². The fourth-order valence-corrected chi connectivity index (χ4v) is 2.06. The topological polar surface area (TPSA) is 33.1 Å². The largest absolute Gasteiger partial charge is 0.507 e. The summed E-state index contributed by atoms with van der Waals surface area (Å²) < 4.78 is 0. The Morgan fingerprint density at radius 2 is 2.23 bits per heavy atom. The SMILES string of the molecule is Oc1cccc(-c2nccs2)c1S. The summed E-state index contributed by atoms with van der Waals surface area (Å²) in [5.41, 5.74) is 0.873. The lowest BCUT2D eigenvalue weighted by Crippen LogP contribution is -1.78. The molecule has 1 aromatic carbocycles. The van der Waals surface area contributed by atoms with Gasteiger partial charge in [0.05, 0.1) is 4.90 Å². The van der Waals surface area contributed by atoms with Crippen LogP contribution in [-0.4, -0.2) is 10.1 Å². The first-order valence-electron chi connectivity index (χ1n) is 3.70. The lowest BCUT2D eigenvalue weighted by Gasteiger charge is -2.02. The monoisotopic (exact) mass is 209 g/mol. The van der Waals surface area contributed by atoms with E-state index in [2.05, 4.69) is 17.6 Å². The Bertz CT molecular complexity index is 412. The molecule has 1 N–H and O–H groups in total. The second-order valence-corrected chi connectivity index (χ2v) is 3.85. The number of hydrogen-bond donors (Lipinski definition) is 2. The number of rotatable bonds is 1. The standard InChI is InChI=1S/C9H7NOS2/c11-7-3-1-2-6(8(7)12)9-10-4-5-13-9/h1-5,11-12H. The van der Waals surface area contributed by atoms with E-state index in [1.807, 2.05) is 11.4 Å². The fourth-order valence-electron chi connectivity index (χ4n) is 1.06. The van der Waals surface area contributed by atoms with Crippen LogP contribution in [0.4, 0.5) is 0 Å². The first-order chi connectivity index (χ1) is 6.29. The number of nitrogens with zero attached hydrogens (tertiary/aromatic N) is 1. The second kappa shape index (κ2) is 3.40. The second-order valence-electron chi connectivity index (χ2n) is 2.51. The Hall–Kier alpha value is -1.00. The number of phenols is 1. The molecule has 0 atom stereocenters. The molecule has 0 unspecified atom stereocenters. The molecule has 2 aromatic rings. The maximum Gasteiger partial charge on any atom is 0.129 e. The van der Waals surface area contributed by atoms with Crippen LogP contribution < -0.4 is 0 Å². The number of phenolic OH excluding ortho intramolecular Hbond substituents is 1. The Balaban J connectivity index is 2.59. The van der Waals surface area contributed by atoms with Gasteiger partial charge in [-0.1, -0.05) is 12.1 Å². The molecule has 0 aliphatic heterocycles. The summed E-state index contributed by atoms with van der Waals surface area (Å²) in [4.78, 5) is 4.73. The van der Waals surface area contributed by atoms with E-state index < -0.39 is 0 Å². The summed E-state index contributed by atoms with van der Waals surface area (Å²) in [6.45, 7) is 0. The minimum atomic E-state index is 0.191. The van der Waals surface area contributed by atoms with Gasteiger partial charge >= 0.3 is 0 Å². The van der Waals surface area contributed by atoms with Gasteiger partial charge in [-0.05, 0) is 6.07 Å². The number of thiol groups is 1. The molecule has 1 aromatic heterocycles. The molecule has 0 fully saturated rings. The van der Waals surface area contributed by atoms with Gasteiger partial charge in [0.15, 0.2) is 0 Å². The zero-order chi connectivity index (χ0) is 9.26. The smallest absolute Gasteiger partial charge is 0.129 e. The Morgan fingerprint density at radius 1 is 1.38 bits per heavy atom. The van der Waals surface area contributed by atoms with Crippen molar-refractivity contribution in [3.05, 3.63) is 29.8 Å². The van der Waals surface area contributed by atoms with Gasteiger partial charge in [0.25, 0.3) is 0 Å². The van der Waals surface area contributed by atoms with E-state index in [1.165, 1.54) is 11.3 Å². The van der Waals surface area contributed by atoms with Gasteiger partial charge in [-0.15, -0.1) is 24.0 Å². The van der Waals surface area contributed by atoms with Crippen molar-refractivity contribution in [3.63, 3.8) is 0 Å². The van der Waals surface area contributed by atoms with Gasteiger partial charge in [-0.3, -0.25) is 0 Å². The number of aromatic hydroxyl groups is 1. The summed E-state index contributed by atoms with van der Waals surface area (Å²) in [5, 5.41) is 12.2. The Kier molecular flexibility index (Phi) is 2.24. The van der Waals surface area contributed by atoms with E-state index in [4.69, 9.17) is 0 Å². The molecule has 2 rings (SSSR count). The molecule has 2 nitrogen and oxygen atoms in total. The molecular formula is C9H7NOS2. The lowest BCUT2D eigenvalue weighted by molar-refractivity contribution is 0.463. The van der Waals surface area contributed by atoms with Crippen molar-refractivity contribution in [2.45, 2.75) is 4.90 Å². The van der Waals surface area contributed by atoms with Crippen molar-refractivity contribution in [1.29, 1.82) is 0 Å². The predicted octanol–water partition coefficient (Wildman–Crippen LogP) is 2.80. The summed E-state index contributed by atoms with van der Waals surface area (Å²) >= 11 is 5.74. The van der Waals surface area contributed by atoms with Crippen LogP contribution in [0.25, 0.3) is 10.6 Å². The van der Waals surface area contributed by atoms with Gasteiger partial charge in [-0.2, -0.15) is 0 Å². The van der Waals surface area contributed by atoms with Crippen molar-refractivity contribution < 1.29 is 5.11 Å². The average Bonchev–Trinajstić information content (AvgIpc) is 2.62. The third-order valence-electron chi connectivity index (χ3n) is 1.68. The molecule has 0 spiro atoms. The molecule has 13 heavy (non-hydrogen) atoms. The Morgan fingerprint density at radius 3 is 2.92 bits per heavy atom. The van der Waals surface area contributed by atoms with Crippen LogP contribution in [0.5, 0.6) is 5.75 Å². The Labute approximate surface area is 85.3 Å². The van der Waals surface area contributed by atoms with Crippen LogP contribution in [-0.2, 0) is 0 Å². The van der Waals surface area contributed by atoms with Crippen LogP contribution in [0, 0.1) is 0 Å². The maximum atomic E-state index is 9.40. The number of aromatic nitrogens is 1. The highest BCUT2D eigenvalue weighted by molar-refractivity contribution is 7.80. The maximum absolute atomic E-state index is 9.40. The molecule has 0 aliphatic carbocycles. The minimum Gasteiger partial charge on any atom is -0.507 e. The van der Waals surface area contributed by atoms with E-state index in [0.717, 1.165) is 10.6 Å². The third kappa shape index (κ3) is 1.55. The van der Waals surface area contributed by atoms with Crippen LogP contribution in [0.15, 0.2) is 34.7 Å². The van der Waals surface area contributed by atoms with Crippen LogP contribution in [0.1, 0.15) is 0 Å². The molecular weight excluding hydrogens is 202 g/mol. The van der Waals surface area contributed by atoms with Crippen LogP contribution in [0.3, 0.4) is 0 Å². The van der Waals surface area contributed by atoms with E-state index in [1.54, 1.807) is 18.3 Å². The van der Waals surface area contributed by atoms with Crippen molar-refractivity contribution in [2.24, 2.45) is 0 Å². The van der Waals surface area contributed by atoms with Gasteiger partial charge in [0, 0.05) is 17.1 Å². The molecule has 0 saturated carbocycles. The molecule has 0 saturated heterocycles. The summed E-state index contributed by atoms with van der Waals surface area (Å²) in [6.07, 6.45) is 1.73. The van der Waals surface area contributed by atoms with Gasteiger partial charge in [-0.25, -0.2) is 4.98 Å². The van der Waals surface area contributed by atoms with Crippen molar-refractivity contribution >= 4 is 24.0 Å². The normalized spacial score (nSPS) is 10.2. The highest BCUT2D eigenvalue weighted by atomic mass is 32.1. The summed E-state index contributed by atoms with van der Waals surface area (Å²) in [6, 6.07) is 5.28. The number of hydrogen-bond acceptors (Lipinski definition) is 4. The number of benzene rings is 1.